The predicted molar refractivity (Wildman–Crippen MR) is 71.7 cm³/mol. The fraction of sp³-hybridized carbons (Fsp3) is 0.929. The normalized spacial score (nSPS) is 19.8. The molecule has 1 aliphatic rings. The molecular formula is C14H28N2O. The van der Waals surface area contributed by atoms with Crippen molar-refractivity contribution in [3.8, 4) is 0 Å². The molecule has 3 heteroatoms. The van der Waals surface area contributed by atoms with Crippen molar-refractivity contribution in [3.05, 3.63) is 0 Å². The van der Waals surface area contributed by atoms with Gasteiger partial charge in [-0.15, -0.1) is 0 Å². The van der Waals surface area contributed by atoms with Crippen LogP contribution in [0.2, 0.25) is 0 Å². The van der Waals surface area contributed by atoms with E-state index in [0.717, 1.165) is 12.8 Å². The molecule has 0 bridgehead atoms. The molecule has 0 aliphatic heterocycles. The second-order valence-electron chi connectivity index (χ2n) is 6.51. The van der Waals surface area contributed by atoms with Crippen LogP contribution < -0.4 is 11.1 Å². The average Bonchev–Trinajstić information content (AvgIpc) is 2.44. The number of amides is 1. The van der Waals surface area contributed by atoms with Gasteiger partial charge in [0.15, 0.2) is 0 Å². The number of carbonyl (C=O) groups is 1. The Morgan fingerprint density at radius 1 is 1.06 bits per heavy atom. The number of carbonyl (C=O) groups excluding carboxylic acids is 1. The molecule has 1 rings (SSSR count). The minimum Gasteiger partial charge on any atom is -0.353 e. The zero-order chi connectivity index (χ0) is 13.1. The van der Waals surface area contributed by atoms with E-state index in [4.69, 9.17) is 5.73 Å². The number of nitrogens with two attached hydrogens (primary N) is 1. The van der Waals surface area contributed by atoms with Crippen LogP contribution in [-0.2, 0) is 4.79 Å². The highest BCUT2D eigenvalue weighted by molar-refractivity contribution is 5.83. The van der Waals surface area contributed by atoms with Gasteiger partial charge in [-0.25, -0.2) is 0 Å². The van der Waals surface area contributed by atoms with Crippen LogP contribution in [0.3, 0.4) is 0 Å². The van der Waals surface area contributed by atoms with Crippen molar-refractivity contribution < 1.29 is 4.79 Å². The van der Waals surface area contributed by atoms with Gasteiger partial charge in [-0.2, -0.15) is 0 Å². The number of rotatable bonds is 3. The van der Waals surface area contributed by atoms with Crippen LogP contribution in [0.25, 0.3) is 0 Å². The molecule has 0 heterocycles. The molecule has 0 aromatic heterocycles. The van der Waals surface area contributed by atoms with Crippen molar-refractivity contribution in [1.82, 2.24) is 5.32 Å². The van der Waals surface area contributed by atoms with Gasteiger partial charge in [0.05, 0.1) is 5.41 Å². The van der Waals surface area contributed by atoms with E-state index in [9.17, 15) is 4.79 Å². The number of nitrogens with one attached hydrogen (secondary N) is 1. The van der Waals surface area contributed by atoms with Crippen molar-refractivity contribution >= 4 is 5.91 Å². The summed E-state index contributed by atoms with van der Waals surface area (Å²) in [5, 5.41) is 3.19. The fourth-order valence-corrected chi connectivity index (χ4v) is 2.08. The van der Waals surface area contributed by atoms with Gasteiger partial charge < -0.3 is 11.1 Å². The topological polar surface area (TPSA) is 55.1 Å². The lowest BCUT2D eigenvalue weighted by Gasteiger charge is -2.38. The van der Waals surface area contributed by atoms with Crippen molar-refractivity contribution in [2.24, 2.45) is 11.1 Å². The summed E-state index contributed by atoms with van der Waals surface area (Å²) < 4.78 is 0. The second kappa shape index (κ2) is 5.38. The van der Waals surface area contributed by atoms with E-state index in [1.807, 2.05) is 27.7 Å². The average molecular weight is 240 g/mol. The van der Waals surface area contributed by atoms with Crippen LogP contribution >= 0.6 is 0 Å². The summed E-state index contributed by atoms with van der Waals surface area (Å²) >= 11 is 0. The maximum atomic E-state index is 12.3. The lowest BCUT2D eigenvalue weighted by Crippen LogP contribution is -2.57. The van der Waals surface area contributed by atoms with Gasteiger partial charge in [-0.1, -0.05) is 25.7 Å². The van der Waals surface area contributed by atoms with E-state index < -0.39 is 11.0 Å². The highest BCUT2D eigenvalue weighted by Crippen LogP contribution is 2.29. The molecule has 3 nitrogen and oxygen atoms in total. The Balaban J connectivity index is 2.58. The number of hydrogen-bond acceptors (Lipinski definition) is 2. The van der Waals surface area contributed by atoms with E-state index in [1.54, 1.807) is 0 Å². The Morgan fingerprint density at radius 3 is 1.94 bits per heavy atom. The molecule has 0 aromatic carbocycles. The Morgan fingerprint density at radius 2 is 1.53 bits per heavy atom. The van der Waals surface area contributed by atoms with Crippen molar-refractivity contribution in [2.75, 3.05) is 0 Å². The number of hydrogen-bond donors (Lipinski definition) is 2. The zero-order valence-electron chi connectivity index (χ0n) is 11.8. The van der Waals surface area contributed by atoms with Crippen LogP contribution in [0.5, 0.6) is 0 Å². The molecule has 1 fully saturated rings. The first kappa shape index (κ1) is 14.5. The monoisotopic (exact) mass is 240 g/mol. The molecule has 100 valence electrons. The van der Waals surface area contributed by atoms with E-state index in [1.165, 1.54) is 25.7 Å². The molecule has 1 saturated carbocycles. The molecule has 0 atom stereocenters. The molecule has 0 spiro atoms. The first-order valence-corrected chi connectivity index (χ1v) is 6.85. The first-order valence-electron chi connectivity index (χ1n) is 6.85. The zero-order valence-corrected chi connectivity index (χ0v) is 11.8. The smallest absolute Gasteiger partial charge is 0.227 e. The summed E-state index contributed by atoms with van der Waals surface area (Å²) in [4.78, 5) is 12.3. The molecule has 17 heavy (non-hydrogen) atoms. The van der Waals surface area contributed by atoms with Gasteiger partial charge in [0.1, 0.15) is 0 Å². The van der Waals surface area contributed by atoms with Crippen LogP contribution in [0.4, 0.5) is 0 Å². The molecular weight excluding hydrogens is 212 g/mol. The third-order valence-electron chi connectivity index (χ3n) is 4.37. The maximum Gasteiger partial charge on any atom is 0.227 e. The summed E-state index contributed by atoms with van der Waals surface area (Å²) in [6.45, 7) is 7.69. The van der Waals surface area contributed by atoms with Gasteiger partial charge in [-0.05, 0) is 40.5 Å². The first-order chi connectivity index (χ1) is 7.75. The van der Waals surface area contributed by atoms with Crippen LogP contribution in [0.1, 0.15) is 66.2 Å². The molecule has 1 amide bonds. The summed E-state index contributed by atoms with van der Waals surface area (Å²) in [6, 6.07) is 0.353. The molecule has 0 radical (unpaired) electrons. The van der Waals surface area contributed by atoms with E-state index in [0.29, 0.717) is 6.04 Å². The summed E-state index contributed by atoms with van der Waals surface area (Å²) in [6.07, 6.45) is 7.31. The minimum atomic E-state index is -0.528. The highest BCUT2D eigenvalue weighted by Gasteiger charge is 2.40. The quantitative estimate of drug-likeness (QED) is 0.745. The second-order valence-corrected chi connectivity index (χ2v) is 6.51. The largest absolute Gasteiger partial charge is 0.353 e. The van der Waals surface area contributed by atoms with Crippen LogP contribution in [0.15, 0.2) is 0 Å². The summed E-state index contributed by atoms with van der Waals surface area (Å²) in [5.74, 6) is 0.0944. The van der Waals surface area contributed by atoms with Crippen LogP contribution in [-0.4, -0.2) is 17.5 Å². The maximum absolute atomic E-state index is 12.3. The lowest BCUT2D eigenvalue weighted by atomic mass is 9.74. The van der Waals surface area contributed by atoms with E-state index in [-0.39, 0.29) is 5.91 Å². The van der Waals surface area contributed by atoms with Gasteiger partial charge in [0, 0.05) is 11.6 Å². The van der Waals surface area contributed by atoms with Gasteiger partial charge in [-0.3, -0.25) is 4.79 Å². The molecule has 0 saturated heterocycles. The molecule has 1 aliphatic carbocycles. The Labute approximate surface area is 106 Å². The third-order valence-corrected chi connectivity index (χ3v) is 4.37. The molecule has 0 unspecified atom stereocenters. The Bertz CT molecular complexity index is 258. The van der Waals surface area contributed by atoms with E-state index >= 15 is 0 Å². The highest BCUT2D eigenvalue weighted by atomic mass is 16.2. The SMILES string of the molecule is CC(C)(N)C(C)(C)C(=O)NC1CCCCCC1. The lowest BCUT2D eigenvalue weighted by molar-refractivity contribution is -0.133. The fourth-order valence-electron chi connectivity index (χ4n) is 2.08. The van der Waals surface area contributed by atoms with Crippen molar-refractivity contribution in [3.63, 3.8) is 0 Å². The van der Waals surface area contributed by atoms with Gasteiger partial charge in [0.25, 0.3) is 0 Å². The summed E-state index contributed by atoms with van der Waals surface area (Å²) in [7, 11) is 0. The van der Waals surface area contributed by atoms with Gasteiger partial charge in [0.2, 0.25) is 5.91 Å². The standard InChI is InChI=1S/C14H28N2O/c1-13(2,14(3,4)15)12(17)16-11-9-7-5-6-8-10-11/h11H,5-10,15H2,1-4H3,(H,16,17). The summed E-state index contributed by atoms with van der Waals surface area (Å²) in [5.41, 5.74) is 5.06. The third kappa shape index (κ3) is 3.70. The predicted octanol–water partition coefficient (Wildman–Crippen LogP) is 2.59. The Hall–Kier alpha value is -0.570. The van der Waals surface area contributed by atoms with Crippen molar-refractivity contribution in [1.29, 1.82) is 0 Å². The minimum absolute atomic E-state index is 0.0944. The Kier molecular flexibility index (Phi) is 4.59. The molecule has 3 N–H and O–H groups in total. The van der Waals surface area contributed by atoms with Crippen molar-refractivity contribution in [2.45, 2.75) is 77.8 Å². The van der Waals surface area contributed by atoms with E-state index in [2.05, 4.69) is 5.32 Å². The van der Waals surface area contributed by atoms with Crippen LogP contribution in [0, 0.1) is 5.41 Å². The molecule has 0 aromatic rings. The van der Waals surface area contributed by atoms with Gasteiger partial charge >= 0.3 is 0 Å².